The van der Waals surface area contributed by atoms with Crippen LogP contribution in [0.2, 0.25) is 5.28 Å². The first-order chi connectivity index (χ1) is 8.15. The number of nitro groups is 1. The summed E-state index contributed by atoms with van der Waals surface area (Å²) in [4.78, 5) is 17.7. The number of aromatic nitrogens is 2. The maximum absolute atomic E-state index is 10.5. The van der Waals surface area contributed by atoms with Crippen LogP contribution in [0.3, 0.4) is 0 Å². The van der Waals surface area contributed by atoms with Crippen molar-refractivity contribution < 1.29 is 4.92 Å². The second-order valence-electron chi connectivity index (χ2n) is 3.14. The van der Waals surface area contributed by atoms with Crippen LogP contribution in [-0.2, 0) is 0 Å². The van der Waals surface area contributed by atoms with Gasteiger partial charge in [0.1, 0.15) is 5.82 Å². The van der Waals surface area contributed by atoms with Gasteiger partial charge in [-0.3, -0.25) is 10.1 Å². The van der Waals surface area contributed by atoms with Crippen molar-refractivity contribution >= 4 is 41.2 Å². The Morgan fingerprint density at radius 2 is 1.89 bits per heavy atom. The molecule has 18 heavy (non-hydrogen) atoms. The third-order valence-electron chi connectivity index (χ3n) is 1.98. The molecule has 0 saturated heterocycles. The molecule has 6 nitrogen and oxygen atoms in total. The summed E-state index contributed by atoms with van der Waals surface area (Å²) in [6.45, 7) is 0. The summed E-state index contributed by atoms with van der Waals surface area (Å²) in [6.07, 6.45) is 1.52. The Balaban J connectivity index is 0.00000162. The largest absolute Gasteiger partial charge is 0.340 e. The Morgan fingerprint density at radius 3 is 2.44 bits per heavy atom. The average Bonchev–Trinajstić information content (AvgIpc) is 2.29. The summed E-state index contributed by atoms with van der Waals surface area (Å²) in [5.41, 5.74) is 0.724. The topological polar surface area (TPSA) is 81.0 Å². The monoisotopic (exact) mass is 286 g/mol. The van der Waals surface area contributed by atoms with E-state index in [0.29, 0.717) is 11.5 Å². The quantitative estimate of drug-likeness (QED) is 0.532. The summed E-state index contributed by atoms with van der Waals surface area (Å²) in [7, 11) is 0. The van der Waals surface area contributed by atoms with Crippen LogP contribution in [0, 0.1) is 10.1 Å². The molecule has 2 aromatic rings. The SMILES string of the molecule is Cl.O=[N+]([O-])c1ccc(Nc2ccnc(Cl)n2)cc1. The summed E-state index contributed by atoms with van der Waals surface area (Å²) < 4.78 is 0. The van der Waals surface area contributed by atoms with Gasteiger partial charge in [-0.15, -0.1) is 12.4 Å². The molecule has 0 radical (unpaired) electrons. The molecule has 0 atom stereocenters. The number of halogens is 2. The number of nitrogens with one attached hydrogen (secondary N) is 1. The fraction of sp³-hybridized carbons (Fsp3) is 0. The van der Waals surface area contributed by atoms with E-state index in [1.807, 2.05) is 0 Å². The van der Waals surface area contributed by atoms with Gasteiger partial charge in [0.2, 0.25) is 5.28 Å². The highest BCUT2D eigenvalue weighted by Gasteiger charge is 2.04. The fourth-order valence-corrected chi connectivity index (χ4v) is 1.37. The molecule has 1 aromatic carbocycles. The molecule has 94 valence electrons. The van der Waals surface area contributed by atoms with Crippen LogP contribution in [0.15, 0.2) is 36.5 Å². The zero-order valence-electron chi connectivity index (χ0n) is 8.91. The standard InChI is InChI=1S/C10H7ClN4O2.ClH/c11-10-12-6-5-9(14-10)13-7-1-3-8(4-2-7)15(16)17;/h1-6H,(H,12,13,14);1H. The molecule has 0 saturated carbocycles. The average molecular weight is 287 g/mol. The third-order valence-corrected chi connectivity index (χ3v) is 2.16. The minimum Gasteiger partial charge on any atom is -0.340 e. The van der Waals surface area contributed by atoms with Gasteiger partial charge >= 0.3 is 0 Å². The fourth-order valence-electron chi connectivity index (χ4n) is 1.22. The number of benzene rings is 1. The van der Waals surface area contributed by atoms with Crippen LogP contribution in [0.5, 0.6) is 0 Å². The predicted molar refractivity (Wildman–Crippen MR) is 70.7 cm³/mol. The first-order valence-corrected chi connectivity index (χ1v) is 5.03. The Hall–Kier alpha value is -1.92. The van der Waals surface area contributed by atoms with E-state index in [9.17, 15) is 10.1 Å². The predicted octanol–water partition coefficient (Wildman–Crippen LogP) is 3.20. The van der Waals surface area contributed by atoms with Crippen molar-refractivity contribution in [3.63, 3.8) is 0 Å². The molecule has 2 rings (SSSR count). The maximum Gasteiger partial charge on any atom is 0.269 e. The van der Waals surface area contributed by atoms with Crippen LogP contribution in [0.25, 0.3) is 0 Å². The van der Waals surface area contributed by atoms with Crippen molar-refractivity contribution in [2.75, 3.05) is 5.32 Å². The molecule has 0 aliphatic carbocycles. The molecule has 0 fully saturated rings. The third kappa shape index (κ3) is 3.54. The molecular weight excluding hydrogens is 279 g/mol. The summed E-state index contributed by atoms with van der Waals surface area (Å²) in [6, 6.07) is 7.64. The van der Waals surface area contributed by atoms with Gasteiger partial charge in [0.25, 0.3) is 5.69 Å². The van der Waals surface area contributed by atoms with Gasteiger partial charge < -0.3 is 5.32 Å². The Kier molecular flexibility index (Phi) is 4.82. The van der Waals surface area contributed by atoms with Crippen molar-refractivity contribution in [1.29, 1.82) is 0 Å². The molecule has 1 aromatic heterocycles. The molecule has 0 aliphatic rings. The minimum atomic E-state index is -0.453. The van der Waals surface area contributed by atoms with Gasteiger partial charge in [-0.05, 0) is 29.8 Å². The van der Waals surface area contributed by atoms with Crippen LogP contribution in [-0.4, -0.2) is 14.9 Å². The number of nitrogens with zero attached hydrogens (tertiary/aromatic N) is 3. The Bertz CT molecular complexity index is 548. The number of anilines is 2. The van der Waals surface area contributed by atoms with E-state index in [-0.39, 0.29) is 23.4 Å². The number of nitro benzene ring substituents is 1. The minimum absolute atomic E-state index is 0. The molecule has 0 bridgehead atoms. The van der Waals surface area contributed by atoms with Crippen LogP contribution in [0.1, 0.15) is 0 Å². The van der Waals surface area contributed by atoms with Crippen LogP contribution >= 0.6 is 24.0 Å². The van der Waals surface area contributed by atoms with Crippen molar-refractivity contribution in [1.82, 2.24) is 9.97 Å². The second kappa shape index (κ2) is 6.13. The highest BCUT2D eigenvalue weighted by Crippen LogP contribution is 2.18. The van der Waals surface area contributed by atoms with Crippen molar-refractivity contribution in [2.24, 2.45) is 0 Å². The first kappa shape index (κ1) is 14.1. The summed E-state index contributed by atoms with van der Waals surface area (Å²) >= 11 is 5.63. The zero-order valence-corrected chi connectivity index (χ0v) is 10.5. The van der Waals surface area contributed by atoms with Gasteiger partial charge in [0.15, 0.2) is 0 Å². The first-order valence-electron chi connectivity index (χ1n) is 4.65. The molecule has 0 spiro atoms. The molecule has 8 heteroatoms. The number of hydrogen-bond acceptors (Lipinski definition) is 5. The van der Waals surface area contributed by atoms with Crippen molar-refractivity contribution in [2.45, 2.75) is 0 Å². The smallest absolute Gasteiger partial charge is 0.269 e. The highest BCUT2D eigenvalue weighted by molar-refractivity contribution is 6.28. The van der Waals surface area contributed by atoms with E-state index < -0.39 is 4.92 Å². The van der Waals surface area contributed by atoms with E-state index in [2.05, 4.69) is 15.3 Å². The second-order valence-corrected chi connectivity index (χ2v) is 3.48. The molecular formula is C10H8Cl2N4O2. The lowest BCUT2D eigenvalue weighted by atomic mass is 10.3. The molecule has 1 N–H and O–H groups in total. The van der Waals surface area contributed by atoms with Gasteiger partial charge in [-0.1, -0.05) is 0 Å². The Morgan fingerprint density at radius 1 is 1.22 bits per heavy atom. The zero-order chi connectivity index (χ0) is 12.3. The lowest BCUT2D eigenvalue weighted by Gasteiger charge is -2.04. The van der Waals surface area contributed by atoms with E-state index in [4.69, 9.17) is 11.6 Å². The van der Waals surface area contributed by atoms with E-state index >= 15 is 0 Å². The van der Waals surface area contributed by atoms with Gasteiger partial charge in [0.05, 0.1) is 4.92 Å². The number of hydrogen-bond donors (Lipinski definition) is 1. The van der Waals surface area contributed by atoms with Gasteiger partial charge in [0, 0.05) is 24.0 Å². The Labute approximate surface area is 114 Å². The molecule has 0 unspecified atom stereocenters. The van der Waals surface area contributed by atoms with E-state index in [1.165, 1.54) is 18.3 Å². The van der Waals surface area contributed by atoms with E-state index in [1.54, 1.807) is 18.2 Å². The highest BCUT2D eigenvalue weighted by atomic mass is 35.5. The van der Waals surface area contributed by atoms with Crippen molar-refractivity contribution in [3.05, 3.63) is 51.9 Å². The molecule has 0 aliphatic heterocycles. The van der Waals surface area contributed by atoms with Crippen LogP contribution < -0.4 is 5.32 Å². The normalized spacial score (nSPS) is 9.39. The van der Waals surface area contributed by atoms with Gasteiger partial charge in [-0.2, -0.15) is 0 Å². The summed E-state index contributed by atoms with van der Waals surface area (Å²) in [5, 5.41) is 13.6. The van der Waals surface area contributed by atoms with Crippen molar-refractivity contribution in [3.8, 4) is 0 Å². The molecule has 0 amide bonds. The lowest BCUT2D eigenvalue weighted by Crippen LogP contribution is -1.95. The number of non-ortho nitro benzene ring substituents is 1. The summed E-state index contributed by atoms with van der Waals surface area (Å²) in [5.74, 6) is 0.527. The lowest BCUT2D eigenvalue weighted by molar-refractivity contribution is -0.384. The van der Waals surface area contributed by atoms with E-state index in [0.717, 1.165) is 0 Å². The molecule has 1 heterocycles. The van der Waals surface area contributed by atoms with Gasteiger partial charge in [-0.25, -0.2) is 9.97 Å². The maximum atomic E-state index is 10.5. The van der Waals surface area contributed by atoms with Crippen LogP contribution in [0.4, 0.5) is 17.2 Å². The number of rotatable bonds is 3.